The van der Waals surface area contributed by atoms with Crippen molar-refractivity contribution in [2.24, 2.45) is 0 Å². The molecule has 90 valence electrons. The van der Waals surface area contributed by atoms with Gasteiger partial charge in [-0.1, -0.05) is 6.92 Å². The van der Waals surface area contributed by atoms with Gasteiger partial charge in [-0.25, -0.2) is 9.97 Å². The summed E-state index contributed by atoms with van der Waals surface area (Å²) < 4.78 is 5.20. The lowest BCUT2D eigenvalue weighted by molar-refractivity contribution is 0.112. The Bertz CT molecular complexity index is 341. The summed E-state index contributed by atoms with van der Waals surface area (Å²) in [5.41, 5.74) is 2.16. The van der Waals surface area contributed by atoms with E-state index in [1.54, 1.807) is 7.11 Å². The molecule has 1 rings (SSSR count). The van der Waals surface area contributed by atoms with Crippen LogP contribution in [0, 0.1) is 6.92 Å². The van der Waals surface area contributed by atoms with Crippen LogP contribution in [0.25, 0.3) is 0 Å². The number of nitrogens with zero attached hydrogens (tertiary/aromatic N) is 2. The first-order valence-corrected chi connectivity index (χ1v) is 5.69. The molecule has 0 amide bonds. The Morgan fingerprint density at radius 1 is 1.44 bits per heavy atom. The minimum Gasteiger partial charge on any atom is -0.374 e. The van der Waals surface area contributed by atoms with Crippen LogP contribution >= 0.6 is 0 Å². The fourth-order valence-corrected chi connectivity index (χ4v) is 1.64. The van der Waals surface area contributed by atoms with Gasteiger partial charge in [0.2, 0.25) is 0 Å². The monoisotopic (exact) mass is 223 g/mol. The Balaban J connectivity index is 2.91. The Hall–Kier alpha value is -1.00. The molecule has 2 atom stereocenters. The first-order valence-electron chi connectivity index (χ1n) is 5.69. The number of ether oxygens (including phenoxy) is 1. The fraction of sp³-hybridized carbons (Fsp3) is 0.667. The Kier molecular flexibility index (Phi) is 4.83. The molecule has 0 aliphatic rings. The van der Waals surface area contributed by atoms with Gasteiger partial charge < -0.3 is 10.1 Å². The summed E-state index contributed by atoms with van der Waals surface area (Å²) in [4.78, 5) is 8.81. The van der Waals surface area contributed by atoms with Crippen molar-refractivity contribution in [3.05, 3.63) is 23.3 Å². The first kappa shape index (κ1) is 13.1. The van der Waals surface area contributed by atoms with E-state index in [1.165, 1.54) is 0 Å². The number of rotatable bonds is 5. The van der Waals surface area contributed by atoms with Crippen LogP contribution in [0.2, 0.25) is 0 Å². The molecule has 0 bridgehead atoms. The number of aryl methyl sites for hydroxylation is 1. The smallest absolute Gasteiger partial charge is 0.157 e. The van der Waals surface area contributed by atoms with Crippen molar-refractivity contribution in [1.29, 1.82) is 0 Å². The maximum Gasteiger partial charge on any atom is 0.157 e. The maximum atomic E-state index is 5.20. The zero-order valence-electron chi connectivity index (χ0n) is 10.7. The van der Waals surface area contributed by atoms with E-state index in [4.69, 9.17) is 4.74 Å². The van der Waals surface area contributed by atoms with Crippen LogP contribution in [0.5, 0.6) is 0 Å². The summed E-state index contributed by atoms with van der Waals surface area (Å²) in [7, 11) is 1.67. The maximum absolute atomic E-state index is 5.20. The highest BCUT2D eigenvalue weighted by Crippen LogP contribution is 2.17. The second-order valence-electron chi connectivity index (χ2n) is 3.93. The summed E-state index contributed by atoms with van der Waals surface area (Å²) in [6.45, 7) is 9.11. The van der Waals surface area contributed by atoms with Gasteiger partial charge >= 0.3 is 0 Å². The third kappa shape index (κ3) is 3.00. The summed E-state index contributed by atoms with van der Waals surface area (Å²) in [5, 5.41) is 3.35. The van der Waals surface area contributed by atoms with Gasteiger partial charge in [-0.05, 0) is 27.3 Å². The number of hydrogen-bond donors (Lipinski definition) is 1. The molecule has 0 aliphatic carbocycles. The highest BCUT2D eigenvalue weighted by molar-refractivity contribution is 5.20. The van der Waals surface area contributed by atoms with Crippen LogP contribution < -0.4 is 5.32 Å². The number of nitrogens with one attached hydrogen (secondary N) is 1. The number of methoxy groups -OCH3 is 1. The highest BCUT2D eigenvalue weighted by atomic mass is 16.5. The molecule has 4 heteroatoms. The van der Waals surface area contributed by atoms with Gasteiger partial charge in [0.15, 0.2) is 5.82 Å². The van der Waals surface area contributed by atoms with Crippen LogP contribution in [-0.4, -0.2) is 23.6 Å². The first-order chi connectivity index (χ1) is 7.60. The predicted molar refractivity (Wildman–Crippen MR) is 64.3 cm³/mol. The van der Waals surface area contributed by atoms with Gasteiger partial charge in [-0.2, -0.15) is 0 Å². The van der Waals surface area contributed by atoms with E-state index in [-0.39, 0.29) is 12.1 Å². The molecule has 0 spiro atoms. The molecule has 1 aromatic heterocycles. The average Bonchev–Trinajstić information content (AvgIpc) is 2.28. The van der Waals surface area contributed by atoms with Gasteiger partial charge in [0.05, 0.1) is 0 Å². The zero-order valence-corrected chi connectivity index (χ0v) is 10.7. The molecule has 0 aliphatic heterocycles. The number of hydrogen-bond acceptors (Lipinski definition) is 4. The van der Waals surface area contributed by atoms with E-state index in [9.17, 15) is 0 Å². The molecule has 1 N–H and O–H groups in total. The van der Waals surface area contributed by atoms with Crippen LogP contribution in [0.4, 0.5) is 0 Å². The minimum absolute atomic E-state index is 0.0535. The molecule has 0 saturated carbocycles. The lowest BCUT2D eigenvalue weighted by Gasteiger charge is -2.16. The Morgan fingerprint density at radius 3 is 2.62 bits per heavy atom. The Labute approximate surface area is 97.5 Å². The topological polar surface area (TPSA) is 47.0 Å². The summed E-state index contributed by atoms with van der Waals surface area (Å²) in [6.07, 6.45) is 1.84. The molecule has 1 heterocycles. The van der Waals surface area contributed by atoms with E-state index in [1.807, 2.05) is 20.0 Å². The normalized spacial score (nSPS) is 14.8. The van der Waals surface area contributed by atoms with Gasteiger partial charge in [0.25, 0.3) is 0 Å². The molecule has 4 nitrogen and oxygen atoms in total. The van der Waals surface area contributed by atoms with Gasteiger partial charge in [0, 0.05) is 30.6 Å². The SMILES string of the molecule is CCNC(C)c1cnc(C(C)OC)nc1C. The van der Waals surface area contributed by atoms with E-state index in [0.717, 1.165) is 23.6 Å². The van der Waals surface area contributed by atoms with Gasteiger partial charge in [0.1, 0.15) is 6.10 Å². The lowest BCUT2D eigenvalue weighted by atomic mass is 10.1. The summed E-state index contributed by atoms with van der Waals surface area (Å²) in [5.74, 6) is 0.743. The molecule has 0 radical (unpaired) electrons. The van der Waals surface area contributed by atoms with Crippen molar-refractivity contribution < 1.29 is 4.74 Å². The minimum atomic E-state index is -0.0535. The zero-order chi connectivity index (χ0) is 12.1. The lowest BCUT2D eigenvalue weighted by Crippen LogP contribution is -2.20. The van der Waals surface area contributed by atoms with Crippen LogP contribution in [0.15, 0.2) is 6.20 Å². The quantitative estimate of drug-likeness (QED) is 0.831. The highest BCUT2D eigenvalue weighted by Gasteiger charge is 2.12. The van der Waals surface area contributed by atoms with Crippen molar-refractivity contribution in [1.82, 2.24) is 15.3 Å². The van der Waals surface area contributed by atoms with Crippen molar-refractivity contribution in [3.8, 4) is 0 Å². The summed E-state index contributed by atoms with van der Waals surface area (Å²) in [6, 6.07) is 0.289. The molecule has 16 heavy (non-hydrogen) atoms. The summed E-state index contributed by atoms with van der Waals surface area (Å²) >= 11 is 0. The van der Waals surface area contributed by atoms with Crippen LogP contribution in [-0.2, 0) is 4.74 Å². The fourth-order valence-electron chi connectivity index (χ4n) is 1.64. The molecule has 0 saturated heterocycles. The third-order valence-electron chi connectivity index (χ3n) is 2.73. The Morgan fingerprint density at radius 2 is 2.12 bits per heavy atom. The van der Waals surface area contributed by atoms with Crippen LogP contribution in [0.3, 0.4) is 0 Å². The second-order valence-corrected chi connectivity index (χ2v) is 3.93. The molecule has 1 aromatic rings. The van der Waals surface area contributed by atoms with Crippen molar-refractivity contribution >= 4 is 0 Å². The largest absolute Gasteiger partial charge is 0.374 e. The number of aromatic nitrogens is 2. The molecular weight excluding hydrogens is 202 g/mol. The average molecular weight is 223 g/mol. The van der Waals surface area contributed by atoms with Gasteiger partial charge in [-0.3, -0.25) is 0 Å². The second kappa shape index (κ2) is 5.92. The van der Waals surface area contributed by atoms with Crippen molar-refractivity contribution in [2.45, 2.75) is 39.8 Å². The van der Waals surface area contributed by atoms with E-state index in [2.05, 4.69) is 29.1 Å². The molecule has 2 unspecified atom stereocenters. The van der Waals surface area contributed by atoms with E-state index >= 15 is 0 Å². The predicted octanol–water partition coefficient (Wildman–Crippen LogP) is 2.16. The molecule has 0 fully saturated rings. The molecule has 0 aromatic carbocycles. The van der Waals surface area contributed by atoms with E-state index < -0.39 is 0 Å². The van der Waals surface area contributed by atoms with Crippen molar-refractivity contribution in [3.63, 3.8) is 0 Å². The van der Waals surface area contributed by atoms with E-state index in [0.29, 0.717) is 0 Å². The van der Waals surface area contributed by atoms with Crippen molar-refractivity contribution in [2.75, 3.05) is 13.7 Å². The third-order valence-corrected chi connectivity index (χ3v) is 2.73. The molecular formula is C12H21N3O. The standard InChI is InChI=1S/C12H21N3O/c1-6-13-8(2)11-7-14-12(10(4)16-5)15-9(11)3/h7-8,10,13H,6H2,1-5H3. The van der Waals surface area contributed by atoms with Crippen LogP contribution in [0.1, 0.15) is 50.0 Å². The van der Waals surface area contributed by atoms with Gasteiger partial charge in [-0.15, -0.1) is 0 Å².